The van der Waals surface area contributed by atoms with E-state index < -0.39 is 12.0 Å². The molecule has 178 valence electrons. The Kier molecular flexibility index (Phi) is 5.94. The van der Waals surface area contributed by atoms with Crippen molar-refractivity contribution in [2.45, 2.75) is 26.8 Å². The monoisotopic (exact) mass is 507 g/mol. The SMILES string of the molecule is CCOC(=O)C1=C(C)N=c2s/c(=C3/C(=O)N(CC)c4ccccc43)c(=O)n2[C@H]1c1ccc(Cl)cc1. The molecule has 0 unspecified atom stereocenters. The lowest BCUT2D eigenvalue weighted by Crippen LogP contribution is -2.41. The van der Waals surface area contributed by atoms with Gasteiger partial charge in [-0.25, -0.2) is 9.79 Å². The number of thiazole rings is 1. The zero-order valence-electron chi connectivity index (χ0n) is 19.4. The summed E-state index contributed by atoms with van der Waals surface area (Å²) in [4.78, 5) is 47.0. The van der Waals surface area contributed by atoms with Crippen LogP contribution in [0.3, 0.4) is 0 Å². The fourth-order valence-corrected chi connectivity index (χ4v) is 5.88. The number of hydrogen-bond donors (Lipinski definition) is 0. The van der Waals surface area contributed by atoms with E-state index in [1.165, 1.54) is 4.57 Å². The van der Waals surface area contributed by atoms with E-state index in [0.717, 1.165) is 17.0 Å². The minimum Gasteiger partial charge on any atom is -0.463 e. The number of halogens is 1. The molecule has 0 fully saturated rings. The van der Waals surface area contributed by atoms with Gasteiger partial charge in [-0.05, 0) is 44.5 Å². The molecule has 0 N–H and O–H groups in total. The normalized spacial score (nSPS) is 18.3. The van der Waals surface area contributed by atoms with Gasteiger partial charge in [0.2, 0.25) is 0 Å². The van der Waals surface area contributed by atoms with Gasteiger partial charge in [0.05, 0.1) is 35.2 Å². The Bertz CT molecular complexity index is 1580. The average molecular weight is 508 g/mol. The van der Waals surface area contributed by atoms with Crippen LogP contribution >= 0.6 is 22.9 Å². The van der Waals surface area contributed by atoms with E-state index in [2.05, 4.69) is 4.99 Å². The van der Waals surface area contributed by atoms with Gasteiger partial charge in [-0.2, -0.15) is 0 Å². The zero-order valence-corrected chi connectivity index (χ0v) is 20.9. The second-order valence-electron chi connectivity index (χ2n) is 8.12. The van der Waals surface area contributed by atoms with Crippen LogP contribution in [0.15, 0.2) is 69.6 Å². The number of nitrogens with zero attached hydrogens (tertiary/aromatic N) is 3. The summed E-state index contributed by atoms with van der Waals surface area (Å²) in [5, 5.41) is 0.537. The summed E-state index contributed by atoms with van der Waals surface area (Å²) in [6.45, 7) is 6.02. The average Bonchev–Trinajstić information content (AvgIpc) is 3.31. The second kappa shape index (κ2) is 8.94. The van der Waals surface area contributed by atoms with Crippen LogP contribution in [0.4, 0.5) is 5.69 Å². The van der Waals surface area contributed by atoms with E-state index in [9.17, 15) is 14.4 Å². The number of carbonyl (C=O) groups excluding carboxylic acids is 2. The molecule has 7 nitrogen and oxygen atoms in total. The molecule has 0 bridgehead atoms. The number of anilines is 1. The Morgan fingerprint density at radius 1 is 1.11 bits per heavy atom. The first kappa shape index (κ1) is 23.3. The lowest BCUT2D eigenvalue weighted by molar-refractivity contribution is -0.139. The van der Waals surface area contributed by atoms with Crippen molar-refractivity contribution in [3.8, 4) is 0 Å². The van der Waals surface area contributed by atoms with Crippen LogP contribution in [0.5, 0.6) is 0 Å². The van der Waals surface area contributed by atoms with Crippen molar-refractivity contribution >= 4 is 46.1 Å². The van der Waals surface area contributed by atoms with Gasteiger partial charge >= 0.3 is 5.97 Å². The number of fused-ring (bicyclic) bond motifs is 2. The van der Waals surface area contributed by atoms with Gasteiger partial charge in [-0.15, -0.1) is 0 Å². The van der Waals surface area contributed by atoms with E-state index in [1.54, 1.807) is 43.0 Å². The summed E-state index contributed by atoms with van der Waals surface area (Å²) < 4.78 is 7.11. The summed E-state index contributed by atoms with van der Waals surface area (Å²) in [6.07, 6.45) is 0. The van der Waals surface area contributed by atoms with E-state index in [0.29, 0.717) is 43.3 Å². The van der Waals surface area contributed by atoms with Crippen LogP contribution in [0, 0.1) is 0 Å². The molecule has 3 aromatic rings. The highest BCUT2D eigenvalue weighted by Gasteiger charge is 2.36. The molecule has 5 rings (SSSR count). The molecule has 1 amide bonds. The molecule has 2 aliphatic heterocycles. The molecule has 0 radical (unpaired) electrons. The van der Waals surface area contributed by atoms with Crippen LogP contribution in [-0.4, -0.2) is 29.6 Å². The molecule has 9 heteroatoms. The first-order valence-corrected chi connectivity index (χ1v) is 12.5. The molecule has 35 heavy (non-hydrogen) atoms. The van der Waals surface area contributed by atoms with E-state index in [4.69, 9.17) is 16.3 Å². The van der Waals surface area contributed by atoms with Gasteiger partial charge in [0.15, 0.2) is 4.80 Å². The van der Waals surface area contributed by atoms with E-state index in [-0.39, 0.29) is 23.6 Å². The van der Waals surface area contributed by atoms with E-state index in [1.807, 2.05) is 31.2 Å². The highest BCUT2D eigenvalue weighted by atomic mass is 35.5. The predicted octanol–water partition coefficient (Wildman–Crippen LogP) is 3.19. The van der Waals surface area contributed by atoms with Gasteiger partial charge in [0, 0.05) is 17.1 Å². The van der Waals surface area contributed by atoms with Crippen molar-refractivity contribution in [1.29, 1.82) is 0 Å². The molecule has 0 aliphatic carbocycles. The summed E-state index contributed by atoms with van der Waals surface area (Å²) >= 11 is 7.27. The number of para-hydroxylation sites is 1. The molecule has 2 aliphatic rings. The van der Waals surface area contributed by atoms with Crippen molar-refractivity contribution in [3.05, 3.63) is 95.6 Å². The summed E-state index contributed by atoms with van der Waals surface area (Å²) in [5.74, 6) is -0.755. The molecule has 0 spiro atoms. The van der Waals surface area contributed by atoms with Crippen LogP contribution in [0.25, 0.3) is 5.57 Å². The second-order valence-corrected chi connectivity index (χ2v) is 9.53. The first-order valence-electron chi connectivity index (χ1n) is 11.3. The Morgan fingerprint density at radius 2 is 1.83 bits per heavy atom. The summed E-state index contributed by atoms with van der Waals surface area (Å²) in [6, 6.07) is 13.7. The van der Waals surface area contributed by atoms with Crippen LogP contribution in [-0.2, 0) is 14.3 Å². The van der Waals surface area contributed by atoms with Crippen molar-refractivity contribution in [3.63, 3.8) is 0 Å². The van der Waals surface area contributed by atoms with Gasteiger partial charge in [0.25, 0.3) is 11.5 Å². The molecule has 3 heterocycles. The highest BCUT2D eigenvalue weighted by Crippen LogP contribution is 2.35. The lowest BCUT2D eigenvalue weighted by atomic mass is 9.96. The first-order chi connectivity index (χ1) is 16.9. The molecule has 2 aromatic carbocycles. The molecule has 0 saturated carbocycles. The Labute approximate surface area is 210 Å². The molecular weight excluding hydrogens is 486 g/mol. The zero-order chi connectivity index (χ0) is 24.9. The minimum atomic E-state index is -0.758. The summed E-state index contributed by atoms with van der Waals surface area (Å²) in [5.41, 5.74) is 2.92. The maximum absolute atomic E-state index is 14.0. The van der Waals surface area contributed by atoms with Crippen molar-refractivity contribution < 1.29 is 14.3 Å². The number of esters is 1. The van der Waals surface area contributed by atoms with Gasteiger partial charge in [0.1, 0.15) is 4.53 Å². The van der Waals surface area contributed by atoms with E-state index >= 15 is 0 Å². The minimum absolute atomic E-state index is 0.190. The molecule has 1 aromatic heterocycles. The number of rotatable bonds is 4. The van der Waals surface area contributed by atoms with Gasteiger partial charge in [-0.1, -0.05) is 53.3 Å². The van der Waals surface area contributed by atoms with Crippen LogP contribution < -0.4 is 19.8 Å². The molecule has 0 saturated heterocycles. The fourth-order valence-electron chi connectivity index (χ4n) is 4.62. The number of carbonyl (C=O) groups is 2. The number of amides is 1. The van der Waals surface area contributed by atoms with Gasteiger partial charge in [-0.3, -0.25) is 14.2 Å². The third-order valence-corrected chi connectivity index (χ3v) is 7.45. The maximum Gasteiger partial charge on any atom is 0.338 e. The third kappa shape index (κ3) is 3.64. The maximum atomic E-state index is 14.0. The van der Waals surface area contributed by atoms with Crippen LogP contribution in [0.1, 0.15) is 37.9 Å². The fraction of sp³-hybridized carbons (Fsp3) is 0.231. The number of hydrogen-bond acceptors (Lipinski definition) is 6. The quantitative estimate of drug-likeness (QED) is 0.508. The Hall–Kier alpha value is -3.49. The molecular formula is C26H22ClN3O4S. The standard InChI is InChI=1S/C26H22ClN3O4S/c1-4-29-18-9-7-6-8-17(18)20(23(29)31)22-24(32)30-21(15-10-12-16(27)13-11-15)19(25(33)34-5-2)14(3)28-26(30)35-22/h6-13,21H,4-5H2,1-3H3/b22-20+/t21-/m0/s1. The number of aromatic nitrogens is 1. The largest absolute Gasteiger partial charge is 0.463 e. The van der Waals surface area contributed by atoms with Crippen LogP contribution in [0.2, 0.25) is 5.02 Å². The third-order valence-electron chi connectivity index (χ3n) is 6.14. The molecule has 1 atom stereocenters. The smallest absolute Gasteiger partial charge is 0.338 e. The number of ether oxygens (including phenoxy) is 1. The Balaban J connectivity index is 1.83. The Morgan fingerprint density at radius 3 is 2.51 bits per heavy atom. The topological polar surface area (TPSA) is 81.0 Å². The lowest BCUT2D eigenvalue weighted by Gasteiger charge is -2.24. The predicted molar refractivity (Wildman–Crippen MR) is 135 cm³/mol. The highest BCUT2D eigenvalue weighted by molar-refractivity contribution is 7.07. The number of benzene rings is 2. The van der Waals surface area contributed by atoms with Crippen molar-refractivity contribution in [2.75, 3.05) is 18.1 Å². The summed E-state index contributed by atoms with van der Waals surface area (Å²) in [7, 11) is 0. The number of likely N-dealkylation sites (N-methyl/N-ethyl adjacent to an activating group) is 1. The van der Waals surface area contributed by atoms with Crippen molar-refractivity contribution in [1.82, 2.24) is 4.57 Å². The van der Waals surface area contributed by atoms with Crippen molar-refractivity contribution in [2.24, 2.45) is 4.99 Å². The van der Waals surface area contributed by atoms with Gasteiger partial charge < -0.3 is 9.64 Å². The number of allylic oxidation sites excluding steroid dienone is 1.